The van der Waals surface area contributed by atoms with Gasteiger partial charge in [0.05, 0.1) is 17.1 Å². The Balaban J connectivity index is 2.45. The minimum Gasteiger partial charge on any atom is -0.545 e. The van der Waals surface area contributed by atoms with Gasteiger partial charge in [0.1, 0.15) is 0 Å². The van der Waals surface area contributed by atoms with Crippen molar-refractivity contribution in [3.63, 3.8) is 0 Å². The Hall–Kier alpha value is -2.77. The second-order valence-electron chi connectivity index (χ2n) is 5.04. The number of rotatable bonds is 3. The fourth-order valence-corrected chi connectivity index (χ4v) is 2.07. The molecule has 0 amide bonds. The molecule has 0 fully saturated rings. The van der Waals surface area contributed by atoms with Gasteiger partial charge in [-0.1, -0.05) is 24.3 Å². The van der Waals surface area contributed by atoms with Crippen LogP contribution in [0.2, 0.25) is 0 Å². The SMILES string of the molecule is O=C([O-])C(=Cc1cccc(C(F)(F)F)c1)c1ccc(C(F)(F)F)cc1. The second-order valence-corrected chi connectivity index (χ2v) is 5.04. The number of hydrogen-bond acceptors (Lipinski definition) is 2. The van der Waals surface area contributed by atoms with E-state index < -0.39 is 35.0 Å². The molecule has 2 nitrogen and oxygen atoms in total. The fourth-order valence-electron chi connectivity index (χ4n) is 2.07. The van der Waals surface area contributed by atoms with Crippen molar-refractivity contribution in [2.24, 2.45) is 0 Å². The van der Waals surface area contributed by atoms with E-state index in [1.807, 2.05) is 0 Å². The molecule has 0 atom stereocenters. The third-order valence-corrected chi connectivity index (χ3v) is 3.27. The Bertz CT molecular complexity index is 801. The van der Waals surface area contributed by atoms with Crippen molar-refractivity contribution >= 4 is 17.6 Å². The number of hydrogen-bond donors (Lipinski definition) is 0. The van der Waals surface area contributed by atoms with E-state index in [1.165, 1.54) is 6.07 Å². The van der Waals surface area contributed by atoms with Crippen molar-refractivity contribution in [3.05, 3.63) is 70.8 Å². The molecule has 0 aliphatic rings. The molecule has 25 heavy (non-hydrogen) atoms. The minimum atomic E-state index is -4.61. The molecule has 0 spiro atoms. The molecule has 2 aromatic carbocycles. The zero-order valence-electron chi connectivity index (χ0n) is 12.3. The van der Waals surface area contributed by atoms with Crippen molar-refractivity contribution in [1.82, 2.24) is 0 Å². The van der Waals surface area contributed by atoms with Crippen LogP contribution in [-0.2, 0) is 17.1 Å². The van der Waals surface area contributed by atoms with Crippen LogP contribution in [0.5, 0.6) is 0 Å². The molecule has 0 N–H and O–H groups in total. The van der Waals surface area contributed by atoms with Crippen LogP contribution in [0, 0.1) is 0 Å². The highest BCUT2D eigenvalue weighted by atomic mass is 19.4. The first-order valence-corrected chi connectivity index (χ1v) is 6.76. The molecule has 0 aliphatic heterocycles. The lowest BCUT2D eigenvalue weighted by Crippen LogP contribution is -2.23. The highest BCUT2D eigenvalue weighted by Crippen LogP contribution is 2.32. The van der Waals surface area contributed by atoms with Crippen molar-refractivity contribution in [2.45, 2.75) is 12.4 Å². The molecular weight excluding hydrogens is 350 g/mol. The Kier molecular flexibility index (Phi) is 4.92. The van der Waals surface area contributed by atoms with E-state index in [1.54, 1.807) is 0 Å². The molecule has 0 unspecified atom stereocenters. The van der Waals surface area contributed by atoms with Crippen LogP contribution >= 0.6 is 0 Å². The number of carboxylic acids is 1. The highest BCUT2D eigenvalue weighted by Gasteiger charge is 2.31. The molecule has 0 saturated carbocycles. The molecule has 0 aromatic heterocycles. The average Bonchev–Trinajstić information content (AvgIpc) is 2.51. The van der Waals surface area contributed by atoms with Crippen molar-refractivity contribution in [1.29, 1.82) is 0 Å². The van der Waals surface area contributed by atoms with Crippen molar-refractivity contribution in [3.8, 4) is 0 Å². The summed E-state index contributed by atoms with van der Waals surface area (Å²) in [5.41, 5.74) is -2.69. The number of aliphatic carboxylic acids is 1. The zero-order valence-corrected chi connectivity index (χ0v) is 12.3. The first-order valence-electron chi connectivity index (χ1n) is 6.76. The highest BCUT2D eigenvalue weighted by molar-refractivity contribution is 6.19. The van der Waals surface area contributed by atoms with Crippen LogP contribution in [0.4, 0.5) is 26.3 Å². The maximum absolute atomic E-state index is 12.7. The maximum Gasteiger partial charge on any atom is 0.416 e. The number of benzene rings is 2. The van der Waals surface area contributed by atoms with Crippen LogP contribution in [0.25, 0.3) is 11.6 Å². The fraction of sp³-hybridized carbons (Fsp3) is 0.118. The number of carboxylic acid groups (broad SMARTS) is 1. The Morgan fingerprint density at radius 2 is 1.40 bits per heavy atom. The lowest BCUT2D eigenvalue weighted by molar-refractivity contribution is -0.295. The molecule has 8 heteroatoms. The predicted molar refractivity (Wildman–Crippen MR) is 75.8 cm³/mol. The molecule has 0 heterocycles. The minimum absolute atomic E-state index is 0.0751. The van der Waals surface area contributed by atoms with E-state index in [0.717, 1.165) is 36.4 Å². The van der Waals surface area contributed by atoms with Gasteiger partial charge >= 0.3 is 12.4 Å². The topological polar surface area (TPSA) is 40.1 Å². The Morgan fingerprint density at radius 1 is 0.840 bits per heavy atom. The van der Waals surface area contributed by atoms with Gasteiger partial charge in [0.15, 0.2) is 0 Å². The summed E-state index contributed by atoms with van der Waals surface area (Å²) in [7, 11) is 0. The van der Waals surface area contributed by atoms with E-state index in [9.17, 15) is 36.2 Å². The first-order chi connectivity index (χ1) is 11.5. The van der Waals surface area contributed by atoms with Gasteiger partial charge < -0.3 is 9.90 Å². The van der Waals surface area contributed by atoms with Gasteiger partial charge in [0.25, 0.3) is 0 Å². The van der Waals surface area contributed by atoms with Gasteiger partial charge in [0.2, 0.25) is 0 Å². The summed E-state index contributed by atoms with van der Waals surface area (Å²) in [5, 5.41) is 11.2. The normalized spacial score (nSPS) is 13.0. The van der Waals surface area contributed by atoms with Gasteiger partial charge in [-0.2, -0.15) is 26.3 Å². The maximum atomic E-state index is 12.7. The summed E-state index contributed by atoms with van der Waals surface area (Å²) in [6.07, 6.45) is -8.29. The predicted octanol–water partition coefficient (Wildman–Crippen LogP) is 4.01. The zero-order chi connectivity index (χ0) is 18.8. The smallest absolute Gasteiger partial charge is 0.416 e. The molecule has 0 radical (unpaired) electrons. The van der Waals surface area contributed by atoms with E-state index in [2.05, 4.69) is 0 Å². The first kappa shape index (κ1) is 18.6. The second kappa shape index (κ2) is 6.62. The van der Waals surface area contributed by atoms with Gasteiger partial charge in [-0.05, 0) is 41.5 Å². The van der Waals surface area contributed by atoms with Gasteiger partial charge in [0, 0.05) is 5.57 Å². The molecule has 2 rings (SSSR count). The van der Waals surface area contributed by atoms with Crippen LogP contribution in [0.15, 0.2) is 48.5 Å². The van der Waals surface area contributed by atoms with E-state index >= 15 is 0 Å². The largest absolute Gasteiger partial charge is 0.545 e. The van der Waals surface area contributed by atoms with Crippen molar-refractivity contribution in [2.75, 3.05) is 0 Å². The Morgan fingerprint density at radius 3 is 1.88 bits per heavy atom. The van der Waals surface area contributed by atoms with Gasteiger partial charge in [-0.25, -0.2) is 0 Å². The third-order valence-electron chi connectivity index (χ3n) is 3.27. The lowest BCUT2D eigenvalue weighted by Gasteiger charge is -2.12. The monoisotopic (exact) mass is 359 g/mol. The van der Waals surface area contributed by atoms with E-state index in [0.29, 0.717) is 12.1 Å². The summed E-state index contributed by atoms with van der Waals surface area (Å²) in [6, 6.07) is 7.06. The number of carbonyl (C=O) groups is 1. The molecule has 0 aliphatic carbocycles. The van der Waals surface area contributed by atoms with Gasteiger partial charge in [-0.15, -0.1) is 0 Å². The lowest BCUT2D eigenvalue weighted by atomic mass is 10.0. The summed E-state index contributed by atoms with van der Waals surface area (Å²) in [4.78, 5) is 11.2. The molecule has 0 saturated heterocycles. The average molecular weight is 359 g/mol. The van der Waals surface area contributed by atoms with Crippen LogP contribution < -0.4 is 5.11 Å². The van der Waals surface area contributed by atoms with Crippen LogP contribution in [0.1, 0.15) is 22.3 Å². The van der Waals surface area contributed by atoms with Crippen LogP contribution in [0.3, 0.4) is 0 Å². The van der Waals surface area contributed by atoms with E-state index in [-0.39, 0.29) is 11.1 Å². The molecule has 132 valence electrons. The molecule has 0 bridgehead atoms. The molecular formula is C17H9F6O2-. The van der Waals surface area contributed by atoms with Gasteiger partial charge in [-0.3, -0.25) is 0 Å². The van der Waals surface area contributed by atoms with Crippen molar-refractivity contribution < 1.29 is 36.2 Å². The summed E-state index contributed by atoms with van der Waals surface area (Å²) in [5.74, 6) is -1.72. The quantitative estimate of drug-likeness (QED) is 0.472. The third kappa shape index (κ3) is 4.62. The number of alkyl halides is 6. The summed E-state index contributed by atoms with van der Waals surface area (Å²) < 4.78 is 75.7. The Labute approximate surface area is 138 Å². The summed E-state index contributed by atoms with van der Waals surface area (Å²) >= 11 is 0. The number of halogens is 6. The van der Waals surface area contributed by atoms with Crippen LogP contribution in [-0.4, -0.2) is 5.97 Å². The summed E-state index contributed by atoms with van der Waals surface area (Å²) in [6.45, 7) is 0. The standard InChI is InChI=1S/C17H10F6O2/c18-16(19,20)12-6-4-11(5-7-12)14(15(24)25)9-10-2-1-3-13(8-10)17(21,22)23/h1-9H,(H,24,25)/p-1. The molecule has 2 aromatic rings. The number of carbonyl (C=O) groups excluding carboxylic acids is 1. The van der Waals surface area contributed by atoms with E-state index in [4.69, 9.17) is 0 Å².